The molecule has 0 saturated heterocycles. The Morgan fingerprint density at radius 2 is 1.67 bits per heavy atom. The molecule has 0 bridgehead atoms. The van der Waals surface area contributed by atoms with E-state index in [1.165, 1.54) is 12.1 Å². The highest BCUT2D eigenvalue weighted by Crippen LogP contribution is 2.16. The fourth-order valence-corrected chi connectivity index (χ4v) is 1.65. The summed E-state index contributed by atoms with van der Waals surface area (Å²) in [6.45, 7) is 0. The van der Waals surface area contributed by atoms with Crippen molar-refractivity contribution in [3.8, 4) is 0 Å². The summed E-state index contributed by atoms with van der Waals surface area (Å²) in [6.07, 6.45) is 1.68. The third-order valence-corrected chi connectivity index (χ3v) is 2.86. The summed E-state index contributed by atoms with van der Waals surface area (Å²) in [7, 11) is 0. The van der Waals surface area contributed by atoms with E-state index in [0.29, 0.717) is 0 Å². The molecule has 18 heavy (non-hydrogen) atoms. The van der Waals surface area contributed by atoms with Crippen LogP contribution in [0, 0.1) is 0 Å². The maximum absolute atomic E-state index is 10.6. The SMILES string of the molecule is O=C([O-])c1ccc(C=Nc2ccc(Br)cc2)cc1. The molecule has 0 unspecified atom stereocenters. The minimum atomic E-state index is -1.17. The van der Waals surface area contributed by atoms with E-state index in [1.807, 2.05) is 24.3 Å². The number of aliphatic imine (C=N–C) groups is 1. The molecule has 0 heterocycles. The van der Waals surface area contributed by atoms with Crippen molar-refractivity contribution in [1.82, 2.24) is 0 Å². The molecule has 0 aliphatic heterocycles. The number of nitrogens with zero attached hydrogens (tertiary/aromatic N) is 1. The van der Waals surface area contributed by atoms with E-state index in [1.54, 1.807) is 18.3 Å². The van der Waals surface area contributed by atoms with Crippen molar-refractivity contribution in [2.45, 2.75) is 0 Å². The Balaban J connectivity index is 2.13. The molecule has 0 aliphatic carbocycles. The fourth-order valence-electron chi connectivity index (χ4n) is 1.38. The maximum atomic E-state index is 10.6. The van der Waals surface area contributed by atoms with Crippen LogP contribution in [0.25, 0.3) is 0 Å². The lowest BCUT2D eigenvalue weighted by atomic mass is 10.1. The summed E-state index contributed by atoms with van der Waals surface area (Å²) < 4.78 is 1.000. The smallest absolute Gasteiger partial charge is 0.0715 e. The number of rotatable bonds is 3. The highest BCUT2D eigenvalue weighted by atomic mass is 79.9. The van der Waals surface area contributed by atoms with Gasteiger partial charge in [0, 0.05) is 10.7 Å². The number of hydrogen-bond donors (Lipinski definition) is 0. The zero-order chi connectivity index (χ0) is 13.0. The molecule has 0 aliphatic rings. The van der Waals surface area contributed by atoms with Crippen molar-refractivity contribution < 1.29 is 9.90 Å². The molecule has 2 aromatic carbocycles. The van der Waals surface area contributed by atoms with Crippen molar-refractivity contribution in [1.29, 1.82) is 0 Å². The van der Waals surface area contributed by atoms with Gasteiger partial charge in [-0.15, -0.1) is 0 Å². The van der Waals surface area contributed by atoms with Gasteiger partial charge in [0.2, 0.25) is 0 Å². The Bertz CT molecular complexity index is 574. The normalized spacial score (nSPS) is 10.7. The Morgan fingerprint density at radius 1 is 1.06 bits per heavy atom. The second-order valence-electron chi connectivity index (χ2n) is 3.64. The first kappa shape index (κ1) is 12.5. The van der Waals surface area contributed by atoms with E-state index in [-0.39, 0.29) is 5.56 Å². The molecule has 90 valence electrons. The Kier molecular flexibility index (Phi) is 3.89. The van der Waals surface area contributed by atoms with Crippen molar-refractivity contribution in [2.24, 2.45) is 4.99 Å². The Labute approximate surface area is 113 Å². The van der Waals surface area contributed by atoms with Crippen LogP contribution in [0.15, 0.2) is 58.0 Å². The quantitative estimate of drug-likeness (QED) is 0.818. The van der Waals surface area contributed by atoms with Crippen LogP contribution in [0.3, 0.4) is 0 Å². The largest absolute Gasteiger partial charge is 0.545 e. The molecule has 0 amide bonds. The zero-order valence-electron chi connectivity index (χ0n) is 9.34. The Hall–Kier alpha value is -1.94. The second-order valence-corrected chi connectivity index (χ2v) is 4.56. The topological polar surface area (TPSA) is 52.5 Å². The first-order valence-corrected chi connectivity index (χ1v) is 6.05. The average molecular weight is 303 g/mol. The molecule has 0 saturated carbocycles. The first-order valence-electron chi connectivity index (χ1n) is 5.26. The molecule has 0 radical (unpaired) electrons. The highest BCUT2D eigenvalue weighted by Gasteiger charge is 1.93. The third kappa shape index (κ3) is 3.28. The number of halogens is 1. The fraction of sp³-hybridized carbons (Fsp3) is 0. The van der Waals surface area contributed by atoms with Crippen molar-refractivity contribution >= 4 is 33.8 Å². The van der Waals surface area contributed by atoms with E-state index in [0.717, 1.165) is 15.7 Å². The molecule has 0 N–H and O–H groups in total. The zero-order valence-corrected chi connectivity index (χ0v) is 10.9. The van der Waals surface area contributed by atoms with Gasteiger partial charge >= 0.3 is 0 Å². The van der Waals surface area contributed by atoms with Gasteiger partial charge in [0.25, 0.3) is 0 Å². The van der Waals surface area contributed by atoms with Crippen LogP contribution >= 0.6 is 15.9 Å². The van der Waals surface area contributed by atoms with Crippen molar-refractivity contribution in [2.75, 3.05) is 0 Å². The van der Waals surface area contributed by atoms with Gasteiger partial charge in [0.15, 0.2) is 0 Å². The van der Waals surface area contributed by atoms with Gasteiger partial charge in [0.05, 0.1) is 11.7 Å². The van der Waals surface area contributed by atoms with Crippen molar-refractivity contribution in [3.63, 3.8) is 0 Å². The van der Waals surface area contributed by atoms with E-state index in [9.17, 15) is 9.90 Å². The number of carboxylic acids is 1. The number of aromatic carboxylic acids is 1. The number of benzene rings is 2. The molecular formula is C14H9BrNO2-. The summed E-state index contributed by atoms with van der Waals surface area (Å²) in [5.41, 5.74) is 1.83. The molecule has 2 rings (SSSR count). The van der Waals surface area contributed by atoms with E-state index < -0.39 is 5.97 Å². The predicted octanol–water partition coefficient (Wildman–Crippen LogP) is 2.56. The molecule has 2 aromatic rings. The molecule has 0 fully saturated rings. The lowest BCUT2D eigenvalue weighted by molar-refractivity contribution is -0.255. The van der Waals surface area contributed by atoms with Crippen molar-refractivity contribution in [3.05, 3.63) is 64.1 Å². The van der Waals surface area contributed by atoms with Crippen LogP contribution in [0.4, 0.5) is 5.69 Å². The van der Waals surface area contributed by atoms with E-state index in [4.69, 9.17) is 0 Å². The monoisotopic (exact) mass is 302 g/mol. The summed E-state index contributed by atoms with van der Waals surface area (Å²) >= 11 is 3.35. The number of carboxylic acid groups (broad SMARTS) is 1. The lowest BCUT2D eigenvalue weighted by Gasteiger charge is -2.01. The van der Waals surface area contributed by atoms with Crippen LogP contribution in [-0.2, 0) is 0 Å². The minimum Gasteiger partial charge on any atom is -0.545 e. The number of hydrogen-bond acceptors (Lipinski definition) is 3. The van der Waals surface area contributed by atoms with Gasteiger partial charge in [-0.1, -0.05) is 40.2 Å². The van der Waals surface area contributed by atoms with Crippen LogP contribution in [0.2, 0.25) is 0 Å². The van der Waals surface area contributed by atoms with Gasteiger partial charge in [-0.25, -0.2) is 0 Å². The first-order chi connectivity index (χ1) is 8.65. The molecule has 0 spiro atoms. The summed E-state index contributed by atoms with van der Waals surface area (Å²) in [5, 5.41) is 10.6. The second kappa shape index (κ2) is 5.60. The highest BCUT2D eigenvalue weighted by molar-refractivity contribution is 9.10. The predicted molar refractivity (Wildman–Crippen MR) is 72.2 cm³/mol. The van der Waals surface area contributed by atoms with E-state index >= 15 is 0 Å². The van der Waals surface area contributed by atoms with Crippen LogP contribution in [0.1, 0.15) is 15.9 Å². The standard InChI is InChI=1S/C14H10BrNO2/c15-12-5-7-13(8-6-12)16-9-10-1-3-11(4-2-10)14(17)18/h1-9H,(H,17,18)/p-1. The minimum absolute atomic E-state index is 0.163. The summed E-state index contributed by atoms with van der Waals surface area (Å²) in [6, 6.07) is 14.0. The van der Waals surface area contributed by atoms with Gasteiger partial charge in [-0.2, -0.15) is 0 Å². The lowest BCUT2D eigenvalue weighted by Crippen LogP contribution is -2.21. The number of carbonyl (C=O) groups excluding carboxylic acids is 1. The van der Waals surface area contributed by atoms with Gasteiger partial charge in [-0.05, 0) is 35.4 Å². The molecule has 3 nitrogen and oxygen atoms in total. The molecular weight excluding hydrogens is 294 g/mol. The molecule has 0 atom stereocenters. The van der Waals surface area contributed by atoms with Gasteiger partial charge in [-0.3, -0.25) is 4.99 Å². The van der Waals surface area contributed by atoms with E-state index in [2.05, 4.69) is 20.9 Å². The van der Waals surface area contributed by atoms with Crippen LogP contribution in [0.5, 0.6) is 0 Å². The maximum Gasteiger partial charge on any atom is 0.0715 e. The summed E-state index contributed by atoms with van der Waals surface area (Å²) in [5.74, 6) is -1.17. The number of carbonyl (C=O) groups is 1. The molecule has 0 aromatic heterocycles. The third-order valence-electron chi connectivity index (χ3n) is 2.34. The van der Waals surface area contributed by atoms with Gasteiger partial charge in [0.1, 0.15) is 0 Å². The molecule has 4 heteroatoms. The Morgan fingerprint density at radius 3 is 2.22 bits per heavy atom. The van der Waals surface area contributed by atoms with Crippen LogP contribution in [-0.4, -0.2) is 12.2 Å². The average Bonchev–Trinajstić information content (AvgIpc) is 2.38. The summed E-state index contributed by atoms with van der Waals surface area (Å²) in [4.78, 5) is 14.9. The van der Waals surface area contributed by atoms with Crippen LogP contribution < -0.4 is 5.11 Å². The van der Waals surface area contributed by atoms with Gasteiger partial charge < -0.3 is 9.90 Å².